The van der Waals surface area contributed by atoms with Crippen LogP contribution in [0.3, 0.4) is 0 Å². The number of anilines is 7. The van der Waals surface area contributed by atoms with Gasteiger partial charge < -0.3 is 46.6 Å². The van der Waals surface area contributed by atoms with Crippen molar-refractivity contribution in [1.29, 1.82) is 0 Å². The van der Waals surface area contributed by atoms with Crippen molar-refractivity contribution in [2.24, 2.45) is 0 Å². The van der Waals surface area contributed by atoms with Crippen molar-refractivity contribution in [3.63, 3.8) is 0 Å². The summed E-state index contributed by atoms with van der Waals surface area (Å²) in [5, 5.41) is 44.5. The van der Waals surface area contributed by atoms with Gasteiger partial charge in [-0.15, -0.1) is 0 Å². The highest BCUT2D eigenvalue weighted by Gasteiger charge is 2.24. The van der Waals surface area contributed by atoms with Gasteiger partial charge in [0, 0.05) is 59.9 Å². The molecule has 0 saturated heterocycles. The monoisotopic (exact) mass is 1060 g/mol. The normalized spacial score (nSPS) is 12.3. The van der Waals surface area contributed by atoms with Crippen molar-refractivity contribution in [1.82, 2.24) is 29.9 Å². The van der Waals surface area contributed by atoms with Crippen molar-refractivity contribution in [2.45, 2.75) is 19.6 Å². The largest absolute Gasteiger partial charge is 0.398 e. The molecule has 0 atom stereocenters. The second-order valence-corrected chi connectivity index (χ2v) is 20.3. The number of benzene rings is 4. The second kappa shape index (κ2) is 22.0. The summed E-state index contributed by atoms with van der Waals surface area (Å²) in [6.45, 7) is -2.00. The first-order valence-electron chi connectivity index (χ1n) is 20.3. The summed E-state index contributed by atoms with van der Waals surface area (Å²) >= 11 is 0. The molecule has 12 N–H and O–H groups in total. The third-order valence-electron chi connectivity index (χ3n) is 9.80. The molecule has 2 heterocycles. The molecule has 4 aromatic carbocycles. The third-order valence-corrected chi connectivity index (χ3v) is 13.3. The van der Waals surface area contributed by atoms with E-state index in [0.717, 1.165) is 48.6 Å². The lowest BCUT2D eigenvalue weighted by molar-refractivity contribution is 0.279. The molecule has 0 radical (unpaired) electrons. The predicted molar refractivity (Wildman–Crippen MR) is 255 cm³/mol. The van der Waals surface area contributed by atoms with Crippen LogP contribution in [0.1, 0.15) is 11.1 Å². The van der Waals surface area contributed by atoms with Crippen LogP contribution in [-0.4, -0.2) is 155 Å². The van der Waals surface area contributed by atoms with Gasteiger partial charge in [0.15, 0.2) is 11.6 Å². The zero-order chi connectivity index (χ0) is 51.9. The summed E-state index contributed by atoms with van der Waals surface area (Å²) in [5.74, 6) is -1.16. The first-order valence-corrected chi connectivity index (χ1v) is 26.0. The van der Waals surface area contributed by atoms with Gasteiger partial charge in [-0.1, -0.05) is 24.3 Å². The molecule has 2 aromatic heterocycles. The van der Waals surface area contributed by atoms with Gasteiger partial charge in [0.1, 0.15) is 9.79 Å². The molecule has 0 bridgehead atoms. The Balaban J connectivity index is 1.43. The van der Waals surface area contributed by atoms with E-state index in [4.69, 9.17) is 5.73 Å². The quantitative estimate of drug-likeness (QED) is 0.0258. The van der Waals surface area contributed by atoms with Crippen LogP contribution in [0.25, 0.3) is 34.9 Å². The van der Waals surface area contributed by atoms with Gasteiger partial charge >= 0.3 is 0 Å². The van der Waals surface area contributed by atoms with E-state index >= 15 is 0 Å². The number of nitrogen functional groups attached to an aromatic ring is 1. The molecule has 0 spiro atoms. The average molecular weight is 1060 g/mol. The van der Waals surface area contributed by atoms with Crippen molar-refractivity contribution < 1.29 is 72.3 Å². The lowest BCUT2D eigenvalue weighted by atomic mass is 10.1. The molecule has 378 valence electrons. The molecule has 6 rings (SSSR count). The minimum atomic E-state index is -5.18. The van der Waals surface area contributed by atoms with Gasteiger partial charge in [-0.3, -0.25) is 18.2 Å². The number of hydrogen-bond donors (Lipinski definition) is 11. The van der Waals surface area contributed by atoms with Crippen LogP contribution in [0.4, 0.5) is 40.9 Å². The Morgan fingerprint density at radius 3 is 1.28 bits per heavy atom. The number of rotatable bonds is 22. The molecule has 6 aromatic rings. The maximum Gasteiger partial charge on any atom is 0.295 e. The van der Waals surface area contributed by atoms with Crippen LogP contribution in [0, 0.1) is 0 Å². The Bertz CT molecular complexity index is 3400. The Morgan fingerprint density at radius 1 is 0.479 bits per heavy atom. The summed E-state index contributed by atoms with van der Waals surface area (Å²) in [4.78, 5) is 26.4. The number of aliphatic hydroxyl groups is 4. The molecule has 0 fully saturated rings. The number of aliphatic hydroxyl groups excluding tert-OH is 4. The minimum absolute atomic E-state index is 0.0455. The highest BCUT2D eigenvalue weighted by Crippen LogP contribution is 2.33. The van der Waals surface area contributed by atoms with Crippen molar-refractivity contribution in [3.8, 4) is 22.8 Å². The summed E-state index contributed by atoms with van der Waals surface area (Å²) in [6, 6.07) is 15.1. The van der Waals surface area contributed by atoms with Gasteiger partial charge in [0.05, 0.1) is 36.2 Å². The molecule has 0 aliphatic carbocycles. The molecular weight excluding hydrogens is 1020 g/mol. The van der Waals surface area contributed by atoms with E-state index in [1.165, 1.54) is 52.3 Å². The highest BCUT2D eigenvalue weighted by molar-refractivity contribution is 7.86. The molecule has 71 heavy (non-hydrogen) atoms. The van der Waals surface area contributed by atoms with E-state index in [-0.39, 0.29) is 101 Å². The van der Waals surface area contributed by atoms with E-state index in [0.29, 0.717) is 0 Å². The van der Waals surface area contributed by atoms with E-state index < -0.39 is 86.5 Å². The molecular formula is C40H43N11O16S4. The lowest BCUT2D eigenvalue weighted by Crippen LogP contribution is -2.31. The Kier molecular flexibility index (Phi) is 16.6. The molecule has 0 aliphatic heterocycles. The fourth-order valence-electron chi connectivity index (χ4n) is 6.54. The second-order valence-electron chi connectivity index (χ2n) is 14.7. The molecule has 0 saturated carbocycles. The van der Waals surface area contributed by atoms with Crippen LogP contribution < -0.4 is 26.2 Å². The molecule has 0 aliphatic rings. The van der Waals surface area contributed by atoms with Crippen LogP contribution >= 0.6 is 0 Å². The molecule has 31 heteroatoms. The van der Waals surface area contributed by atoms with Gasteiger partial charge in [0.25, 0.3) is 40.5 Å². The molecule has 27 nitrogen and oxygen atoms in total. The number of nitrogens with one attached hydrogen (secondary N) is 2. The topological polar surface area (TPSA) is 432 Å². The Hall–Kier alpha value is -6.88. The SMILES string of the molecule is Nc1cc(-c2nc(Nc3ccc(S(=O)(=O)O)cc3)nc(N(CCO)CCO)n2)cc(S(=O)(=O)O)c1C=Cc1ccc(-c2nc(Nc3ccc(S(=O)(=O)O)cc3)nc(N(CCO)CCO)n2)cc1S(=O)(=O)O. The van der Waals surface area contributed by atoms with Crippen molar-refractivity contribution in [3.05, 3.63) is 90.0 Å². The maximum atomic E-state index is 13.0. The summed E-state index contributed by atoms with van der Waals surface area (Å²) in [5.41, 5.74) is 5.70. The number of hydrogen-bond acceptors (Lipinski definition) is 23. The van der Waals surface area contributed by atoms with Crippen molar-refractivity contribution >= 4 is 93.5 Å². The van der Waals surface area contributed by atoms with E-state index in [2.05, 4.69) is 40.5 Å². The van der Waals surface area contributed by atoms with Crippen LogP contribution in [0.15, 0.2) is 98.4 Å². The smallest absolute Gasteiger partial charge is 0.295 e. The highest BCUT2D eigenvalue weighted by atomic mass is 32.2. The number of aromatic nitrogens is 6. The third kappa shape index (κ3) is 13.7. The molecule has 0 unspecified atom stereocenters. The molecule has 0 amide bonds. The first-order chi connectivity index (χ1) is 33.4. The minimum Gasteiger partial charge on any atom is -0.398 e. The number of nitrogens with zero attached hydrogens (tertiary/aromatic N) is 8. The van der Waals surface area contributed by atoms with Gasteiger partial charge in [-0.2, -0.15) is 63.6 Å². The lowest BCUT2D eigenvalue weighted by Gasteiger charge is -2.21. The van der Waals surface area contributed by atoms with E-state index in [1.54, 1.807) is 0 Å². The van der Waals surface area contributed by atoms with Crippen LogP contribution in [-0.2, 0) is 40.5 Å². The fourth-order valence-corrected chi connectivity index (χ4v) is 8.95. The Morgan fingerprint density at radius 2 is 0.887 bits per heavy atom. The van der Waals surface area contributed by atoms with E-state index in [1.807, 2.05) is 0 Å². The zero-order valence-electron chi connectivity index (χ0n) is 36.4. The van der Waals surface area contributed by atoms with Gasteiger partial charge in [-0.25, -0.2) is 0 Å². The summed E-state index contributed by atoms with van der Waals surface area (Å²) in [6.07, 6.45) is 2.10. The summed E-state index contributed by atoms with van der Waals surface area (Å²) in [7, 11) is -19.4. The Labute approximate surface area is 405 Å². The average Bonchev–Trinajstić information content (AvgIpc) is 3.29. The predicted octanol–water partition coefficient (Wildman–Crippen LogP) is 1.20. The summed E-state index contributed by atoms with van der Waals surface area (Å²) < 4.78 is 138. The van der Waals surface area contributed by atoms with Crippen LogP contribution in [0.2, 0.25) is 0 Å². The zero-order valence-corrected chi connectivity index (χ0v) is 39.7. The van der Waals surface area contributed by atoms with Gasteiger partial charge in [-0.05, 0) is 72.3 Å². The number of nitrogens with two attached hydrogens (primary N) is 1. The van der Waals surface area contributed by atoms with Crippen LogP contribution in [0.5, 0.6) is 0 Å². The standard InChI is InChI=1S/C40H43N11O16S4/c41-32-21-26(36-45-38(49-40(47-36)51(15-19-54)16-20-55)43-28-6-10-30(11-7-28)69(59,60)61)23-34(71(65,66)67)31(32)12-3-24-1-2-25(22-33(24)70(62,63)64)35-44-37(48-39(46-35)50(13-17-52)14-18-53)42-27-4-8-29(9-5-27)68(56,57)58/h1-12,21-23,52-55H,13-20,41H2,(H,56,57,58)(H,59,60,61)(H,62,63,64)(H,65,66,67)(H,42,44,46,48)(H,43,45,47,49). The fraction of sp³-hybridized carbons (Fsp3) is 0.200. The maximum absolute atomic E-state index is 13.0. The first kappa shape index (κ1) is 53.5. The van der Waals surface area contributed by atoms with Crippen molar-refractivity contribution in [2.75, 3.05) is 78.8 Å². The van der Waals surface area contributed by atoms with E-state index in [9.17, 15) is 72.3 Å². The van der Waals surface area contributed by atoms with Gasteiger partial charge in [0.2, 0.25) is 23.8 Å².